The molecule has 19 heavy (non-hydrogen) atoms. The highest BCUT2D eigenvalue weighted by atomic mass is 16.2. The molecule has 1 amide bonds. The second-order valence-corrected chi connectivity index (χ2v) is 5.30. The number of carbonyl (C=O) groups is 1. The van der Waals surface area contributed by atoms with Crippen molar-refractivity contribution in [1.29, 1.82) is 0 Å². The molecule has 0 radical (unpaired) electrons. The average molecular weight is 261 g/mol. The Morgan fingerprint density at radius 1 is 1.32 bits per heavy atom. The van der Waals surface area contributed by atoms with Crippen molar-refractivity contribution in [3.8, 4) is 0 Å². The van der Waals surface area contributed by atoms with Gasteiger partial charge in [-0.15, -0.1) is 0 Å². The Balaban J connectivity index is 2.09. The number of hydrogen-bond donors (Lipinski definition) is 1. The van der Waals surface area contributed by atoms with Crippen LogP contribution in [-0.4, -0.2) is 34.4 Å². The maximum Gasteiger partial charge on any atom is 0.254 e. The van der Waals surface area contributed by atoms with Crippen LogP contribution >= 0.6 is 0 Å². The third kappa shape index (κ3) is 3.53. The summed E-state index contributed by atoms with van der Waals surface area (Å²) in [6.07, 6.45) is 8.43. The molecule has 104 valence electrons. The normalized spacial score (nSPS) is 23.1. The average Bonchev–Trinajstić information content (AvgIpc) is 2.46. The van der Waals surface area contributed by atoms with E-state index in [9.17, 15) is 4.79 Å². The largest absolute Gasteiger partial charge is 0.336 e. The molecule has 1 fully saturated rings. The summed E-state index contributed by atoms with van der Waals surface area (Å²) in [7, 11) is 0. The number of hydrogen-bond acceptors (Lipinski definition) is 3. The number of carbonyl (C=O) groups excluding carboxylic acids is 1. The molecule has 0 atom stereocenters. The molecule has 0 spiro atoms. The first-order valence-electron chi connectivity index (χ1n) is 7.19. The van der Waals surface area contributed by atoms with Gasteiger partial charge in [-0.3, -0.25) is 9.78 Å². The maximum absolute atomic E-state index is 12.6. The molecule has 0 unspecified atom stereocenters. The van der Waals surface area contributed by atoms with E-state index in [0.717, 1.165) is 44.2 Å². The molecule has 1 heterocycles. The fourth-order valence-electron chi connectivity index (χ4n) is 2.76. The third-order valence-electron chi connectivity index (χ3n) is 3.83. The monoisotopic (exact) mass is 261 g/mol. The maximum atomic E-state index is 12.6. The fourth-order valence-corrected chi connectivity index (χ4v) is 2.76. The first-order chi connectivity index (χ1) is 9.22. The molecule has 4 nitrogen and oxygen atoms in total. The molecule has 1 saturated carbocycles. The molecule has 1 aromatic rings. The highest BCUT2D eigenvalue weighted by Crippen LogP contribution is 2.23. The van der Waals surface area contributed by atoms with Gasteiger partial charge in [0.05, 0.1) is 0 Å². The van der Waals surface area contributed by atoms with E-state index < -0.39 is 0 Å². The van der Waals surface area contributed by atoms with Gasteiger partial charge in [0.2, 0.25) is 0 Å². The van der Waals surface area contributed by atoms with Gasteiger partial charge in [0.25, 0.3) is 5.91 Å². The Morgan fingerprint density at radius 3 is 2.53 bits per heavy atom. The van der Waals surface area contributed by atoms with Crippen LogP contribution in [0.1, 0.15) is 49.4 Å². The quantitative estimate of drug-likeness (QED) is 0.904. The Kier molecular flexibility index (Phi) is 4.91. The highest BCUT2D eigenvalue weighted by Gasteiger charge is 2.27. The minimum atomic E-state index is 0.129. The summed E-state index contributed by atoms with van der Waals surface area (Å²) >= 11 is 0. The first-order valence-corrected chi connectivity index (χ1v) is 7.19. The Labute approximate surface area is 115 Å². The Hall–Kier alpha value is -1.42. The predicted octanol–water partition coefficient (Wildman–Crippen LogP) is 2.20. The van der Waals surface area contributed by atoms with Gasteiger partial charge in [-0.1, -0.05) is 6.92 Å². The lowest BCUT2D eigenvalue weighted by atomic mass is 9.90. The zero-order valence-electron chi connectivity index (χ0n) is 11.6. The van der Waals surface area contributed by atoms with Crippen molar-refractivity contribution in [3.63, 3.8) is 0 Å². The minimum Gasteiger partial charge on any atom is -0.336 e. The first kappa shape index (κ1) is 14.0. The molecule has 0 saturated heterocycles. The molecular weight excluding hydrogens is 238 g/mol. The van der Waals surface area contributed by atoms with E-state index in [1.165, 1.54) is 0 Å². The zero-order chi connectivity index (χ0) is 13.7. The Morgan fingerprint density at radius 2 is 1.95 bits per heavy atom. The molecule has 1 aromatic heterocycles. The van der Waals surface area contributed by atoms with E-state index in [0.29, 0.717) is 12.1 Å². The predicted molar refractivity (Wildman–Crippen MR) is 75.8 cm³/mol. The second kappa shape index (κ2) is 6.66. The lowest BCUT2D eigenvalue weighted by Gasteiger charge is -2.36. The molecule has 1 aliphatic rings. The summed E-state index contributed by atoms with van der Waals surface area (Å²) in [6, 6.07) is 4.25. The second-order valence-electron chi connectivity index (χ2n) is 5.30. The minimum absolute atomic E-state index is 0.129. The summed E-state index contributed by atoms with van der Waals surface area (Å²) < 4.78 is 0. The van der Waals surface area contributed by atoms with E-state index in [2.05, 4.69) is 11.9 Å². The van der Waals surface area contributed by atoms with Crippen molar-refractivity contribution < 1.29 is 4.79 Å². The topological polar surface area (TPSA) is 59.2 Å². The Bertz CT molecular complexity index is 399. The number of rotatable bonds is 4. The van der Waals surface area contributed by atoms with Gasteiger partial charge in [0.15, 0.2) is 0 Å². The van der Waals surface area contributed by atoms with Crippen LogP contribution in [0.2, 0.25) is 0 Å². The lowest BCUT2D eigenvalue weighted by Crippen LogP contribution is -2.44. The summed E-state index contributed by atoms with van der Waals surface area (Å²) in [6.45, 7) is 2.93. The number of aromatic nitrogens is 1. The van der Waals surface area contributed by atoms with Crippen molar-refractivity contribution >= 4 is 5.91 Å². The van der Waals surface area contributed by atoms with Crippen LogP contribution < -0.4 is 5.73 Å². The van der Waals surface area contributed by atoms with Gasteiger partial charge < -0.3 is 10.6 Å². The molecular formula is C15H23N3O. The van der Waals surface area contributed by atoms with Gasteiger partial charge in [0, 0.05) is 36.6 Å². The molecule has 0 aliphatic heterocycles. The van der Waals surface area contributed by atoms with Gasteiger partial charge in [-0.05, 0) is 44.2 Å². The number of nitrogens with zero attached hydrogens (tertiary/aromatic N) is 2. The summed E-state index contributed by atoms with van der Waals surface area (Å²) in [5.74, 6) is 0.129. The summed E-state index contributed by atoms with van der Waals surface area (Å²) in [4.78, 5) is 18.6. The smallest absolute Gasteiger partial charge is 0.254 e. The van der Waals surface area contributed by atoms with Crippen molar-refractivity contribution in [2.24, 2.45) is 5.73 Å². The van der Waals surface area contributed by atoms with E-state index in [1.807, 2.05) is 4.90 Å². The van der Waals surface area contributed by atoms with Gasteiger partial charge in [0.1, 0.15) is 0 Å². The molecule has 1 aliphatic carbocycles. The molecule has 2 rings (SSSR count). The number of nitrogens with two attached hydrogens (primary N) is 1. The lowest BCUT2D eigenvalue weighted by molar-refractivity contribution is 0.0626. The van der Waals surface area contributed by atoms with Crippen molar-refractivity contribution in [2.45, 2.75) is 51.1 Å². The standard InChI is InChI=1S/C15H23N3O/c1-2-11-18(14-5-3-13(16)4-6-14)15(19)12-7-9-17-10-8-12/h7-10,13-14H,2-6,11,16H2,1H3. The van der Waals surface area contributed by atoms with Gasteiger partial charge in [-0.25, -0.2) is 0 Å². The number of amides is 1. The fraction of sp³-hybridized carbons (Fsp3) is 0.600. The zero-order valence-corrected chi connectivity index (χ0v) is 11.6. The van der Waals surface area contributed by atoms with Crippen LogP contribution in [0.25, 0.3) is 0 Å². The number of pyridine rings is 1. The molecule has 0 aromatic carbocycles. The van der Waals surface area contributed by atoms with Crippen LogP contribution in [-0.2, 0) is 0 Å². The highest BCUT2D eigenvalue weighted by molar-refractivity contribution is 5.94. The SMILES string of the molecule is CCCN(C(=O)c1ccncc1)C1CCC(N)CC1. The van der Waals surface area contributed by atoms with Gasteiger partial charge in [-0.2, -0.15) is 0 Å². The summed E-state index contributed by atoms with van der Waals surface area (Å²) in [5, 5.41) is 0. The molecule has 0 bridgehead atoms. The van der Waals surface area contributed by atoms with Gasteiger partial charge >= 0.3 is 0 Å². The van der Waals surface area contributed by atoms with Crippen molar-refractivity contribution in [2.75, 3.05) is 6.54 Å². The molecule has 4 heteroatoms. The summed E-state index contributed by atoms with van der Waals surface area (Å²) in [5.41, 5.74) is 6.68. The van der Waals surface area contributed by atoms with E-state index in [4.69, 9.17) is 5.73 Å². The van der Waals surface area contributed by atoms with Crippen LogP contribution in [0.15, 0.2) is 24.5 Å². The molecule has 2 N–H and O–H groups in total. The van der Waals surface area contributed by atoms with E-state index >= 15 is 0 Å². The van der Waals surface area contributed by atoms with Crippen molar-refractivity contribution in [1.82, 2.24) is 9.88 Å². The van der Waals surface area contributed by atoms with E-state index in [1.54, 1.807) is 24.5 Å². The van der Waals surface area contributed by atoms with Crippen LogP contribution in [0.4, 0.5) is 0 Å². The van der Waals surface area contributed by atoms with Crippen LogP contribution in [0.5, 0.6) is 0 Å². The van der Waals surface area contributed by atoms with Crippen molar-refractivity contribution in [3.05, 3.63) is 30.1 Å². The van der Waals surface area contributed by atoms with Crippen LogP contribution in [0, 0.1) is 0 Å². The van der Waals surface area contributed by atoms with E-state index in [-0.39, 0.29) is 5.91 Å². The van der Waals surface area contributed by atoms with Crippen LogP contribution in [0.3, 0.4) is 0 Å². The third-order valence-corrected chi connectivity index (χ3v) is 3.83.